The van der Waals surface area contributed by atoms with E-state index < -0.39 is 0 Å². The molecular weight excluding hydrogens is 174 g/mol. The van der Waals surface area contributed by atoms with Crippen molar-refractivity contribution in [1.29, 1.82) is 0 Å². The normalized spacial score (nSPS) is 30.2. The average Bonchev–Trinajstić information content (AvgIpc) is 2.21. The molecule has 14 heavy (non-hydrogen) atoms. The Morgan fingerprint density at radius 2 is 1.93 bits per heavy atom. The largest absolute Gasteiger partial charge is 0.393 e. The lowest BCUT2D eigenvalue weighted by Crippen LogP contribution is -2.34. The molecule has 1 aliphatic carbocycles. The molecule has 0 aliphatic heterocycles. The minimum Gasteiger partial charge on any atom is -0.393 e. The van der Waals surface area contributed by atoms with Gasteiger partial charge in [-0.3, -0.25) is 0 Å². The zero-order valence-electron chi connectivity index (χ0n) is 9.63. The maximum absolute atomic E-state index is 9.39. The second-order valence-corrected chi connectivity index (χ2v) is 4.76. The molecule has 2 nitrogen and oxygen atoms in total. The number of aliphatic hydroxyl groups is 1. The average molecular weight is 199 g/mol. The standard InChI is InChI=1S/C12H25NO/c1-3-12(14)8-9-13-11-6-4-10(2)5-7-11/h10-14H,3-9H2,1-2H3. The summed E-state index contributed by atoms with van der Waals surface area (Å²) in [5.41, 5.74) is 0. The predicted molar refractivity (Wildman–Crippen MR) is 60.3 cm³/mol. The summed E-state index contributed by atoms with van der Waals surface area (Å²) < 4.78 is 0. The van der Waals surface area contributed by atoms with E-state index in [2.05, 4.69) is 12.2 Å². The Morgan fingerprint density at radius 3 is 2.50 bits per heavy atom. The first-order valence-electron chi connectivity index (χ1n) is 6.13. The second kappa shape index (κ2) is 6.41. The number of rotatable bonds is 5. The van der Waals surface area contributed by atoms with E-state index in [0.29, 0.717) is 0 Å². The van der Waals surface area contributed by atoms with Crippen molar-refractivity contribution in [2.45, 2.75) is 64.5 Å². The van der Waals surface area contributed by atoms with E-state index in [1.165, 1.54) is 25.7 Å². The van der Waals surface area contributed by atoms with Crippen LogP contribution in [0.4, 0.5) is 0 Å². The highest BCUT2D eigenvalue weighted by molar-refractivity contribution is 4.75. The Morgan fingerprint density at radius 1 is 1.29 bits per heavy atom. The van der Waals surface area contributed by atoms with Gasteiger partial charge in [-0.05, 0) is 51.0 Å². The van der Waals surface area contributed by atoms with E-state index in [4.69, 9.17) is 0 Å². The molecule has 0 aromatic rings. The van der Waals surface area contributed by atoms with Crippen LogP contribution in [0.3, 0.4) is 0 Å². The van der Waals surface area contributed by atoms with Crippen LogP contribution in [0, 0.1) is 5.92 Å². The van der Waals surface area contributed by atoms with Gasteiger partial charge in [-0.1, -0.05) is 13.8 Å². The molecule has 2 N–H and O–H groups in total. The maximum Gasteiger partial charge on any atom is 0.0549 e. The highest BCUT2D eigenvalue weighted by atomic mass is 16.3. The Kier molecular flexibility index (Phi) is 5.49. The third-order valence-corrected chi connectivity index (χ3v) is 3.40. The van der Waals surface area contributed by atoms with Crippen molar-refractivity contribution in [3.8, 4) is 0 Å². The molecule has 0 spiro atoms. The lowest BCUT2D eigenvalue weighted by molar-refractivity contribution is 0.156. The molecule has 0 aromatic carbocycles. The molecule has 0 amide bonds. The predicted octanol–water partition coefficient (Wildman–Crippen LogP) is 2.32. The summed E-state index contributed by atoms with van der Waals surface area (Å²) in [6, 6.07) is 0.718. The van der Waals surface area contributed by atoms with Crippen LogP contribution in [0.25, 0.3) is 0 Å². The van der Waals surface area contributed by atoms with Crippen LogP contribution in [0.2, 0.25) is 0 Å². The molecule has 1 rings (SSSR count). The maximum atomic E-state index is 9.39. The number of hydrogen-bond donors (Lipinski definition) is 2. The van der Waals surface area contributed by atoms with Gasteiger partial charge in [0.05, 0.1) is 6.10 Å². The minimum absolute atomic E-state index is 0.106. The van der Waals surface area contributed by atoms with Crippen molar-refractivity contribution in [1.82, 2.24) is 5.32 Å². The van der Waals surface area contributed by atoms with Gasteiger partial charge >= 0.3 is 0 Å². The summed E-state index contributed by atoms with van der Waals surface area (Å²) in [7, 11) is 0. The molecule has 84 valence electrons. The van der Waals surface area contributed by atoms with Gasteiger partial charge < -0.3 is 10.4 Å². The van der Waals surface area contributed by atoms with Gasteiger partial charge in [-0.2, -0.15) is 0 Å². The van der Waals surface area contributed by atoms with Crippen molar-refractivity contribution >= 4 is 0 Å². The van der Waals surface area contributed by atoms with E-state index in [1.807, 2.05) is 6.92 Å². The number of aliphatic hydroxyl groups excluding tert-OH is 1. The topological polar surface area (TPSA) is 32.3 Å². The van der Waals surface area contributed by atoms with Crippen LogP contribution < -0.4 is 5.32 Å². The van der Waals surface area contributed by atoms with Crippen molar-refractivity contribution in [2.24, 2.45) is 5.92 Å². The molecule has 0 saturated heterocycles. The highest BCUT2D eigenvalue weighted by Crippen LogP contribution is 2.23. The number of hydrogen-bond acceptors (Lipinski definition) is 2. The molecule has 1 unspecified atom stereocenters. The van der Waals surface area contributed by atoms with Crippen LogP contribution in [0.5, 0.6) is 0 Å². The molecular formula is C12H25NO. The Labute approximate surface area is 88.1 Å². The first kappa shape index (κ1) is 12.0. The molecule has 1 aliphatic rings. The molecule has 1 atom stereocenters. The lowest BCUT2D eigenvalue weighted by Gasteiger charge is -2.27. The summed E-state index contributed by atoms with van der Waals surface area (Å²) in [4.78, 5) is 0. The highest BCUT2D eigenvalue weighted by Gasteiger charge is 2.17. The van der Waals surface area contributed by atoms with Crippen LogP contribution in [-0.2, 0) is 0 Å². The van der Waals surface area contributed by atoms with Crippen LogP contribution in [-0.4, -0.2) is 23.8 Å². The Bertz CT molecular complexity index is 141. The first-order chi connectivity index (χ1) is 6.72. The number of nitrogens with one attached hydrogen (secondary N) is 1. The lowest BCUT2D eigenvalue weighted by atomic mass is 9.87. The zero-order valence-corrected chi connectivity index (χ0v) is 9.63. The third kappa shape index (κ3) is 4.43. The van der Waals surface area contributed by atoms with Gasteiger partial charge in [0, 0.05) is 6.04 Å². The molecule has 0 aromatic heterocycles. The van der Waals surface area contributed by atoms with E-state index in [0.717, 1.165) is 31.3 Å². The van der Waals surface area contributed by atoms with E-state index in [9.17, 15) is 5.11 Å². The van der Waals surface area contributed by atoms with Crippen molar-refractivity contribution in [3.63, 3.8) is 0 Å². The quantitative estimate of drug-likeness (QED) is 0.712. The van der Waals surface area contributed by atoms with Gasteiger partial charge in [-0.15, -0.1) is 0 Å². The molecule has 0 radical (unpaired) electrons. The molecule has 2 heteroatoms. The van der Waals surface area contributed by atoms with E-state index in [1.54, 1.807) is 0 Å². The molecule has 0 heterocycles. The van der Waals surface area contributed by atoms with Gasteiger partial charge in [0.2, 0.25) is 0 Å². The van der Waals surface area contributed by atoms with Gasteiger partial charge in [-0.25, -0.2) is 0 Å². The summed E-state index contributed by atoms with van der Waals surface area (Å²) >= 11 is 0. The van der Waals surface area contributed by atoms with E-state index in [-0.39, 0.29) is 6.10 Å². The fourth-order valence-electron chi connectivity index (χ4n) is 2.12. The minimum atomic E-state index is -0.106. The van der Waals surface area contributed by atoms with Gasteiger partial charge in [0.15, 0.2) is 0 Å². The fraction of sp³-hybridized carbons (Fsp3) is 1.00. The van der Waals surface area contributed by atoms with Crippen molar-refractivity contribution < 1.29 is 5.11 Å². The van der Waals surface area contributed by atoms with Gasteiger partial charge in [0.25, 0.3) is 0 Å². The zero-order chi connectivity index (χ0) is 10.4. The molecule has 1 fully saturated rings. The monoisotopic (exact) mass is 199 g/mol. The smallest absolute Gasteiger partial charge is 0.0549 e. The fourth-order valence-corrected chi connectivity index (χ4v) is 2.12. The van der Waals surface area contributed by atoms with Crippen LogP contribution >= 0.6 is 0 Å². The molecule has 1 saturated carbocycles. The third-order valence-electron chi connectivity index (χ3n) is 3.40. The SMILES string of the molecule is CCC(O)CCNC1CCC(C)CC1. The summed E-state index contributed by atoms with van der Waals surface area (Å²) in [6.45, 7) is 5.36. The van der Waals surface area contributed by atoms with Gasteiger partial charge in [0.1, 0.15) is 0 Å². The molecule has 0 bridgehead atoms. The van der Waals surface area contributed by atoms with Crippen molar-refractivity contribution in [3.05, 3.63) is 0 Å². The Balaban J connectivity index is 2.02. The van der Waals surface area contributed by atoms with Crippen LogP contribution in [0.1, 0.15) is 52.4 Å². The Hall–Kier alpha value is -0.0800. The first-order valence-corrected chi connectivity index (χ1v) is 6.13. The summed E-state index contributed by atoms with van der Waals surface area (Å²) in [5, 5.41) is 12.9. The summed E-state index contributed by atoms with van der Waals surface area (Å²) in [5.74, 6) is 0.925. The second-order valence-electron chi connectivity index (χ2n) is 4.76. The van der Waals surface area contributed by atoms with Crippen molar-refractivity contribution in [2.75, 3.05) is 6.54 Å². The van der Waals surface area contributed by atoms with Crippen LogP contribution in [0.15, 0.2) is 0 Å². The van der Waals surface area contributed by atoms with E-state index >= 15 is 0 Å². The summed E-state index contributed by atoms with van der Waals surface area (Å²) in [6.07, 6.45) is 7.06.